The Bertz CT molecular complexity index is 627. The van der Waals surface area contributed by atoms with Crippen molar-refractivity contribution in [1.29, 1.82) is 0 Å². The molecule has 128 valence electrons. The number of hydrogen-bond acceptors (Lipinski definition) is 4. The van der Waals surface area contributed by atoms with Gasteiger partial charge in [-0.25, -0.2) is 8.42 Å². The van der Waals surface area contributed by atoms with Gasteiger partial charge in [-0.05, 0) is 37.3 Å². The lowest BCUT2D eigenvalue weighted by Gasteiger charge is -2.12. The lowest BCUT2D eigenvalue weighted by atomic mass is 10.1. The van der Waals surface area contributed by atoms with Gasteiger partial charge < -0.3 is 10.1 Å². The average Bonchev–Trinajstić information content (AvgIpc) is 2.90. The second-order valence-electron chi connectivity index (χ2n) is 5.95. The summed E-state index contributed by atoms with van der Waals surface area (Å²) in [4.78, 5) is 12.0. The van der Waals surface area contributed by atoms with Crippen molar-refractivity contribution in [2.75, 3.05) is 24.7 Å². The van der Waals surface area contributed by atoms with Gasteiger partial charge in [-0.1, -0.05) is 25.1 Å². The molecule has 0 bridgehead atoms. The van der Waals surface area contributed by atoms with Crippen LogP contribution >= 0.6 is 0 Å². The summed E-state index contributed by atoms with van der Waals surface area (Å²) in [6, 6.07) is 7.94. The Labute approximate surface area is 138 Å². The van der Waals surface area contributed by atoms with Crippen LogP contribution in [0.3, 0.4) is 0 Å². The lowest BCUT2D eigenvalue weighted by molar-refractivity contribution is -0.124. The number of hydrogen-bond donors (Lipinski definition) is 1. The number of nitrogens with one attached hydrogen (secondary N) is 1. The molecular weight excluding hydrogens is 314 g/mol. The number of rotatable bonds is 8. The summed E-state index contributed by atoms with van der Waals surface area (Å²) in [6.45, 7) is 3.32. The van der Waals surface area contributed by atoms with Gasteiger partial charge in [0.25, 0.3) is 0 Å². The third-order valence-electron chi connectivity index (χ3n) is 3.96. The molecule has 1 saturated heterocycles. The summed E-state index contributed by atoms with van der Waals surface area (Å²) in [5.41, 5.74) is 1.14. The van der Waals surface area contributed by atoms with E-state index in [0.717, 1.165) is 30.6 Å². The van der Waals surface area contributed by atoms with E-state index in [9.17, 15) is 13.2 Å². The van der Waals surface area contributed by atoms with Crippen LogP contribution in [0, 0.1) is 5.92 Å². The van der Waals surface area contributed by atoms with Crippen molar-refractivity contribution in [1.82, 2.24) is 5.32 Å². The molecule has 6 heteroatoms. The van der Waals surface area contributed by atoms with E-state index in [1.54, 1.807) is 0 Å². The zero-order chi connectivity index (χ0) is 16.7. The summed E-state index contributed by atoms with van der Waals surface area (Å²) < 4.78 is 28.5. The van der Waals surface area contributed by atoms with Crippen LogP contribution in [0.1, 0.15) is 31.7 Å². The normalized spacial score (nSPS) is 19.4. The fraction of sp³-hybridized carbons (Fsp3) is 0.588. The molecule has 0 spiro atoms. The summed E-state index contributed by atoms with van der Waals surface area (Å²) in [7, 11) is -3.01. The van der Waals surface area contributed by atoms with Crippen LogP contribution in [0.2, 0.25) is 0 Å². The van der Waals surface area contributed by atoms with Crippen LogP contribution in [-0.2, 0) is 21.1 Å². The topological polar surface area (TPSA) is 72.5 Å². The van der Waals surface area contributed by atoms with E-state index in [1.807, 2.05) is 24.3 Å². The minimum atomic E-state index is -3.01. The van der Waals surface area contributed by atoms with E-state index < -0.39 is 9.84 Å². The van der Waals surface area contributed by atoms with E-state index in [-0.39, 0.29) is 23.3 Å². The van der Waals surface area contributed by atoms with Gasteiger partial charge in [0.05, 0.1) is 24.0 Å². The van der Waals surface area contributed by atoms with Crippen molar-refractivity contribution in [3.8, 4) is 5.75 Å². The summed E-state index contributed by atoms with van der Waals surface area (Å²) in [5, 5.41) is 2.85. The minimum absolute atomic E-state index is 0.00742. The predicted molar refractivity (Wildman–Crippen MR) is 90.3 cm³/mol. The molecule has 1 atom stereocenters. The zero-order valence-corrected chi connectivity index (χ0v) is 14.4. The molecule has 5 nitrogen and oxygen atoms in total. The average molecular weight is 339 g/mol. The fourth-order valence-corrected chi connectivity index (χ4v) is 4.44. The van der Waals surface area contributed by atoms with Crippen LogP contribution in [0.15, 0.2) is 24.3 Å². The van der Waals surface area contributed by atoms with Gasteiger partial charge in [-0.2, -0.15) is 0 Å². The summed E-state index contributed by atoms with van der Waals surface area (Å²) >= 11 is 0. The highest BCUT2D eigenvalue weighted by atomic mass is 32.2. The van der Waals surface area contributed by atoms with E-state index in [1.165, 1.54) is 0 Å². The first-order valence-electron chi connectivity index (χ1n) is 8.20. The molecule has 1 aliphatic heterocycles. The highest BCUT2D eigenvalue weighted by molar-refractivity contribution is 7.91. The number of sulfone groups is 1. The van der Waals surface area contributed by atoms with Gasteiger partial charge in [0.1, 0.15) is 5.75 Å². The minimum Gasteiger partial charge on any atom is -0.493 e. The Hall–Kier alpha value is -1.56. The van der Waals surface area contributed by atoms with Crippen LogP contribution in [0.25, 0.3) is 0 Å². The predicted octanol–water partition coefficient (Wildman–Crippen LogP) is 1.96. The Kier molecular flexibility index (Phi) is 6.45. The fourth-order valence-electron chi connectivity index (χ4n) is 2.70. The van der Waals surface area contributed by atoms with Crippen molar-refractivity contribution < 1.29 is 17.9 Å². The van der Waals surface area contributed by atoms with Gasteiger partial charge in [0.15, 0.2) is 9.84 Å². The van der Waals surface area contributed by atoms with Crippen LogP contribution in [-0.4, -0.2) is 39.0 Å². The van der Waals surface area contributed by atoms with Crippen molar-refractivity contribution in [3.05, 3.63) is 29.8 Å². The molecule has 0 radical (unpaired) electrons. The highest BCUT2D eigenvalue weighted by Gasteiger charge is 2.32. The Morgan fingerprint density at radius 2 is 2.13 bits per heavy atom. The van der Waals surface area contributed by atoms with Crippen molar-refractivity contribution in [3.63, 3.8) is 0 Å². The zero-order valence-electron chi connectivity index (χ0n) is 13.6. The second kappa shape index (κ2) is 8.34. The summed E-state index contributed by atoms with van der Waals surface area (Å²) in [6.07, 6.45) is 3.04. The van der Waals surface area contributed by atoms with Crippen LogP contribution in [0.5, 0.6) is 5.75 Å². The monoisotopic (exact) mass is 339 g/mol. The van der Waals surface area contributed by atoms with Crippen molar-refractivity contribution in [2.24, 2.45) is 5.92 Å². The first-order chi connectivity index (χ1) is 11.0. The summed E-state index contributed by atoms with van der Waals surface area (Å²) in [5.74, 6) is 0.518. The Morgan fingerprint density at radius 3 is 2.83 bits per heavy atom. The maximum absolute atomic E-state index is 12.0. The van der Waals surface area contributed by atoms with E-state index in [2.05, 4.69) is 12.2 Å². The molecule has 1 N–H and O–H groups in total. The number of carbonyl (C=O) groups excluding carboxylic acids is 1. The smallest absolute Gasteiger partial charge is 0.224 e. The molecule has 1 aromatic rings. The third-order valence-corrected chi connectivity index (χ3v) is 5.73. The van der Waals surface area contributed by atoms with Crippen molar-refractivity contribution in [2.45, 2.75) is 32.6 Å². The second-order valence-corrected chi connectivity index (χ2v) is 8.18. The molecule has 23 heavy (non-hydrogen) atoms. The molecule has 0 aromatic heterocycles. The van der Waals surface area contributed by atoms with Crippen molar-refractivity contribution >= 4 is 15.7 Å². The lowest BCUT2D eigenvalue weighted by Crippen LogP contribution is -2.32. The molecule has 1 amide bonds. The maximum atomic E-state index is 12.0. The standard InChI is InChI=1S/C17H25NO4S/c1-2-11-22-16-8-4-3-6-14(16)7-5-10-18-17(19)15-9-12-23(20,21)13-15/h3-4,6,8,15H,2,5,7,9-13H2,1H3,(H,18,19)/t15-/m1/s1. The number of benzene rings is 1. The number of carbonyl (C=O) groups is 1. The number of aryl methyl sites for hydroxylation is 1. The maximum Gasteiger partial charge on any atom is 0.224 e. The molecule has 1 aromatic carbocycles. The molecule has 1 fully saturated rings. The van der Waals surface area contributed by atoms with E-state index in [0.29, 0.717) is 19.6 Å². The quantitative estimate of drug-likeness (QED) is 0.735. The molecule has 2 rings (SSSR count). The van der Waals surface area contributed by atoms with Gasteiger partial charge in [0, 0.05) is 6.54 Å². The van der Waals surface area contributed by atoms with Gasteiger partial charge >= 0.3 is 0 Å². The largest absolute Gasteiger partial charge is 0.493 e. The first-order valence-corrected chi connectivity index (χ1v) is 10.0. The molecule has 1 heterocycles. The SMILES string of the molecule is CCCOc1ccccc1CCCNC(=O)[C@@H]1CCS(=O)(=O)C1. The molecule has 0 saturated carbocycles. The van der Waals surface area contributed by atoms with E-state index >= 15 is 0 Å². The molecular formula is C17H25NO4S. The number of ether oxygens (including phenoxy) is 1. The first kappa shape index (κ1) is 17.8. The van der Waals surface area contributed by atoms with Gasteiger partial charge in [0.2, 0.25) is 5.91 Å². The highest BCUT2D eigenvalue weighted by Crippen LogP contribution is 2.20. The Balaban J connectivity index is 1.74. The van der Waals surface area contributed by atoms with E-state index in [4.69, 9.17) is 4.74 Å². The molecule has 0 aliphatic carbocycles. The number of amides is 1. The Morgan fingerprint density at radius 1 is 1.35 bits per heavy atom. The number of para-hydroxylation sites is 1. The molecule has 1 aliphatic rings. The van der Waals surface area contributed by atoms with Gasteiger partial charge in [-0.15, -0.1) is 0 Å². The van der Waals surface area contributed by atoms with Crippen LogP contribution < -0.4 is 10.1 Å². The van der Waals surface area contributed by atoms with Gasteiger partial charge in [-0.3, -0.25) is 4.79 Å². The van der Waals surface area contributed by atoms with Crippen LogP contribution in [0.4, 0.5) is 0 Å². The third kappa shape index (κ3) is 5.53. The molecule has 0 unspecified atom stereocenters.